The zero-order valence-electron chi connectivity index (χ0n) is 19.5. The minimum absolute atomic E-state index is 0.00340. The third-order valence-electron chi connectivity index (χ3n) is 5.63. The number of nitrogens with zero attached hydrogens (tertiary/aromatic N) is 1. The molecule has 0 saturated carbocycles. The van der Waals surface area contributed by atoms with E-state index in [0.717, 1.165) is 0 Å². The first-order valence-corrected chi connectivity index (χ1v) is 12.9. The maximum Gasteiger partial charge on any atom is 0.405 e. The zero-order valence-corrected chi connectivity index (χ0v) is 20.3. The molecule has 2 aromatic rings. The van der Waals surface area contributed by atoms with Crippen LogP contribution in [0.5, 0.6) is 5.75 Å². The number of alkyl halides is 3. The number of hydrogen-bond acceptors (Lipinski definition) is 7. The van der Waals surface area contributed by atoms with Crippen molar-refractivity contribution in [2.24, 2.45) is 4.99 Å². The van der Waals surface area contributed by atoms with Crippen molar-refractivity contribution in [3.8, 4) is 5.75 Å². The number of sulfone groups is 1. The predicted octanol–water partition coefficient (Wildman–Crippen LogP) is 2.89. The highest BCUT2D eigenvalue weighted by atomic mass is 32.2. The van der Waals surface area contributed by atoms with E-state index >= 15 is 0 Å². The number of aliphatic hydroxyl groups is 1. The molecule has 12 heteroatoms. The van der Waals surface area contributed by atoms with Crippen molar-refractivity contribution in [2.45, 2.75) is 42.5 Å². The molecule has 0 saturated heterocycles. The zero-order chi connectivity index (χ0) is 26.4. The Morgan fingerprint density at radius 3 is 2.44 bits per heavy atom. The van der Waals surface area contributed by atoms with Crippen LogP contribution in [-0.4, -0.2) is 68.7 Å². The van der Waals surface area contributed by atoms with E-state index in [0.29, 0.717) is 24.3 Å². The van der Waals surface area contributed by atoms with E-state index < -0.39 is 45.9 Å². The highest BCUT2D eigenvalue weighted by Gasteiger charge is 2.51. The van der Waals surface area contributed by atoms with E-state index in [2.05, 4.69) is 4.99 Å². The first-order chi connectivity index (χ1) is 17.0. The Morgan fingerprint density at radius 2 is 1.83 bits per heavy atom. The van der Waals surface area contributed by atoms with Gasteiger partial charge >= 0.3 is 6.18 Å². The number of halogens is 3. The second kappa shape index (κ2) is 11.3. The van der Waals surface area contributed by atoms with Gasteiger partial charge in [-0.1, -0.05) is 18.2 Å². The van der Waals surface area contributed by atoms with Gasteiger partial charge in [0.15, 0.2) is 15.4 Å². The summed E-state index contributed by atoms with van der Waals surface area (Å²) in [6.45, 7) is 0.170. The minimum atomic E-state index is -4.66. The van der Waals surface area contributed by atoms with Crippen molar-refractivity contribution in [3.05, 3.63) is 60.2 Å². The smallest absolute Gasteiger partial charge is 0.405 e. The molecule has 2 atom stereocenters. The number of aliphatic imine (C=N–C) groups is 1. The lowest BCUT2D eigenvalue weighted by Crippen LogP contribution is -2.53. The van der Waals surface area contributed by atoms with E-state index in [4.69, 9.17) is 14.6 Å². The summed E-state index contributed by atoms with van der Waals surface area (Å²) in [7, 11) is -3.85. The lowest BCUT2D eigenvalue weighted by Gasteiger charge is -2.28. The molecule has 1 amide bonds. The van der Waals surface area contributed by atoms with Gasteiger partial charge < -0.3 is 19.9 Å². The molecule has 8 nitrogen and oxygen atoms in total. The van der Waals surface area contributed by atoms with Crippen LogP contribution in [0, 0.1) is 0 Å². The monoisotopic (exact) mass is 528 g/mol. The van der Waals surface area contributed by atoms with Crippen molar-refractivity contribution in [2.75, 3.05) is 25.5 Å². The van der Waals surface area contributed by atoms with Crippen molar-refractivity contribution in [1.29, 1.82) is 0 Å². The minimum Gasteiger partial charge on any atom is -0.494 e. The van der Waals surface area contributed by atoms with Crippen LogP contribution in [0.25, 0.3) is 0 Å². The van der Waals surface area contributed by atoms with Crippen molar-refractivity contribution in [3.63, 3.8) is 0 Å². The fraction of sp³-hybridized carbons (Fsp3) is 0.417. The number of amides is 1. The first kappa shape index (κ1) is 27.5. The van der Waals surface area contributed by atoms with Gasteiger partial charge in [-0.25, -0.2) is 13.4 Å². The molecule has 0 spiro atoms. The molecule has 0 radical (unpaired) electrons. The van der Waals surface area contributed by atoms with E-state index in [-0.39, 0.29) is 23.8 Å². The molecule has 1 heterocycles. The molecule has 0 fully saturated rings. The van der Waals surface area contributed by atoms with Gasteiger partial charge in [0.2, 0.25) is 5.90 Å². The Kier molecular flexibility index (Phi) is 8.62. The highest BCUT2D eigenvalue weighted by Crippen LogP contribution is 2.34. The van der Waals surface area contributed by atoms with Crippen molar-refractivity contribution in [1.82, 2.24) is 5.32 Å². The number of carbonyl (C=O) groups is 1. The van der Waals surface area contributed by atoms with Crippen LogP contribution in [0.1, 0.15) is 25.3 Å². The van der Waals surface area contributed by atoms with Gasteiger partial charge in [-0.3, -0.25) is 4.79 Å². The van der Waals surface area contributed by atoms with E-state index in [1.54, 1.807) is 42.5 Å². The maximum absolute atomic E-state index is 13.0. The largest absolute Gasteiger partial charge is 0.494 e. The summed E-state index contributed by atoms with van der Waals surface area (Å²) in [5.74, 6) is -1.08. The van der Waals surface area contributed by atoms with E-state index in [1.165, 1.54) is 19.1 Å². The van der Waals surface area contributed by atoms with Crippen LogP contribution < -0.4 is 10.1 Å². The number of ether oxygens (including phenoxy) is 2. The quantitative estimate of drug-likeness (QED) is 0.434. The van der Waals surface area contributed by atoms with Gasteiger partial charge in [-0.2, -0.15) is 13.2 Å². The summed E-state index contributed by atoms with van der Waals surface area (Å²) in [5.41, 5.74) is -1.45. The molecular weight excluding hydrogens is 501 g/mol. The topological polar surface area (TPSA) is 114 Å². The maximum atomic E-state index is 13.0. The van der Waals surface area contributed by atoms with Gasteiger partial charge in [0.25, 0.3) is 5.91 Å². The van der Waals surface area contributed by atoms with Crippen LogP contribution in [0.15, 0.2) is 64.5 Å². The number of nitrogens with one attached hydrogen (secondary N) is 1. The molecule has 0 bridgehead atoms. The fourth-order valence-corrected chi connectivity index (χ4v) is 5.01. The molecule has 0 unspecified atom stereocenters. The predicted molar refractivity (Wildman–Crippen MR) is 126 cm³/mol. The number of benzene rings is 2. The van der Waals surface area contributed by atoms with Crippen LogP contribution in [0.2, 0.25) is 0 Å². The molecular formula is C24H27F3N2O6S. The Morgan fingerprint density at radius 1 is 1.17 bits per heavy atom. The number of hydrogen-bond donors (Lipinski definition) is 2. The average molecular weight is 529 g/mol. The van der Waals surface area contributed by atoms with Crippen molar-refractivity contribution >= 4 is 21.6 Å². The molecule has 0 aliphatic carbocycles. The summed E-state index contributed by atoms with van der Waals surface area (Å²) in [6.07, 6.45) is -5.63. The van der Waals surface area contributed by atoms with Gasteiger partial charge in [0, 0.05) is 18.6 Å². The fourth-order valence-electron chi connectivity index (χ4n) is 3.62. The second-order valence-electron chi connectivity index (χ2n) is 8.23. The molecule has 196 valence electrons. The number of rotatable bonds is 11. The standard InChI is InChI=1S/C24H27F3N2O6S/c1-17-23(22(31)28-16-24(25,26)27,12-15-36(32,33)20-6-3-2-4-7-20)29-21(35-17)18-8-10-19(11-9-18)34-14-5-13-30/h2-4,6-11,17,30H,5,12-16H2,1H3,(H,28,31)/t17-,23-/m1/s1. The van der Waals surface area contributed by atoms with Crippen LogP contribution >= 0.6 is 0 Å². The lowest BCUT2D eigenvalue weighted by atomic mass is 9.90. The number of carbonyl (C=O) groups excluding carboxylic acids is 1. The highest BCUT2D eigenvalue weighted by molar-refractivity contribution is 7.91. The Hall–Kier alpha value is -3.12. The SMILES string of the molecule is C[C@H]1OC(c2ccc(OCCCO)cc2)=N[C@@]1(CCS(=O)(=O)c1ccccc1)C(=O)NCC(F)(F)F. The molecule has 3 rings (SSSR count). The Balaban J connectivity index is 1.88. The third-order valence-corrected chi connectivity index (χ3v) is 7.36. The molecule has 1 aliphatic rings. The first-order valence-electron chi connectivity index (χ1n) is 11.2. The van der Waals surface area contributed by atoms with E-state index in [1.807, 2.05) is 5.32 Å². The van der Waals surface area contributed by atoms with Crippen LogP contribution in [0.4, 0.5) is 13.2 Å². The normalized spacial score (nSPS) is 19.9. The van der Waals surface area contributed by atoms with Gasteiger partial charge in [0.1, 0.15) is 18.4 Å². The summed E-state index contributed by atoms with van der Waals surface area (Å²) in [4.78, 5) is 17.4. The molecule has 1 aliphatic heterocycles. The molecule has 2 N–H and O–H groups in total. The summed E-state index contributed by atoms with van der Waals surface area (Å²) >= 11 is 0. The Bertz CT molecular complexity index is 1170. The van der Waals surface area contributed by atoms with Gasteiger partial charge in [0.05, 0.1) is 17.3 Å². The lowest BCUT2D eigenvalue weighted by molar-refractivity contribution is -0.143. The molecule has 2 aromatic carbocycles. The summed E-state index contributed by atoms with van der Waals surface area (Å²) < 4.78 is 75.3. The van der Waals surface area contributed by atoms with Gasteiger partial charge in [-0.05, 0) is 49.7 Å². The van der Waals surface area contributed by atoms with Crippen molar-refractivity contribution < 1.29 is 41.0 Å². The van der Waals surface area contributed by atoms with E-state index in [9.17, 15) is 26.4 Å². The molecule has 0 aromatic heterocycles. The van der Waals surface area contributed by atoms with Crippen LogP contribution in [-0.2, 0) is 19.4 Å². The van der Waals surface area contributed by atoms with Gasteiger partial charge in [-0.15, -0.1) is 0 Å². The number of aliphatic hydroxyl groups excluding tert-OH is 1. The molecule has 36 heavy (non-hydrogen) atoms. The Labute approximate surface area is 207 Å². The summed E-state index contributed by atoms with van der Waals surface area (Å²) in [6, 6.07) is 14.0. The third kappa shape index (κ3) is 6.76. The van der Waals surface area contributed by atoms with Crippen LogP contribution in [0.3, 0.4) is 0 Å². The second-order valence-corrected chi connectivity index (χ2v) is 10.3. The summed E-state index contributed by atoms with van der Waals surface area (Å²) in [5, 5.41) is 10.7. The average Bonchev–Trinajstić information content (AvgIpc) is 3.19.